The van der Waals surface area contributed by atoms with Gasteiger partial charge in [-0.05, 0) is 31.0 Å². The fourth-order valence-corrected chi connectivity index (χ4v) is 2.17. The molecule has 0 aliphatic carbocycles. The lowest BCUT2D eigenvalue weighted by Gasteiger charge is -2.18. The number of aliphatic hydroxyl groups is 1. The fraction of sp³-hybridized carbons (Fsp3) is 0.438. The normalized spacial score (nSPS) is 16.7. The van der Waals surface area contributed by atoms with Gasteiger partial charge in [-0.2, -0.15) is 0 Å². The van der Waals surface area contributed by atoms with Crippen molar-refractivity contribution in [1.82, 2.24) is 15.3 Å². The summed E-state index contributed by atoms with van der Waals surface area (Å²) >= 11 is 0. The molecule has 1 atom stereocenters. The van der Waals surface area contributed by atoms with Gasteiger partial charge in [0.05, 0.1) is 12.8 Å². The summed E-state index contributed by atoms with van der Waals surface area (Å²) in [5, 5.41) is 37.1. The molecule has 1 fully saturated rings. The van der Waals surface area contributed by atoms with Crippen LogP contribution in [-0.2, 0) is 14.4 Å². The average molecular weight is 367 g/mol. The van der Waals surface area contributed by atoms with Crippen molar-refractivity contribution in [2.45, 2.75) is 24.9 Å². The number of carboxylic acid groups (broad SMARTS) is 3. The van der Waals surface area contributed by atoms with Crippen molar-refractivity contribution in [3.8, 4) is 0 Å². The summed E-state index contributed by atoms with van der Waals surface area (Å²) in [5.41, 5.74) is -2.74. The van der Waals surface area contributed by atoms with Crippen molar-refractivity contribution in [3.63, 3.8) is 0 Å². The Balaban J connectivity index is 0.000000260. The van der Waals surface area contributed by atoms with E-state index in [9.17, 15) is 14.4 Å². The van der Waals surface area contributed by atoms with Crippen LogP contribution in [0.5, 0.6) is 0 Å². The lowest BCUT2D eigenvalue weighted by Crippen LogP contribution is -2.42. The number of nitrogens with zero attached hydrogens (tertiary/aromatic N) is 2. The van der Waals surface area contributed by atoms with Gasteiger partial charge in [0.15, 0.2) is 11.4 Å². The number of nitrogens with one attached hydrogen (secondary N) is 1. The summed E-state index contributed by atoms with van der Waals surface area (Å²) in [6.07, 6.45) is 6.65. The summed E-state index contributed by atoms with van der Waals surface area (Å²) in [7, 11) is 0. The molecule has 0 amide bonds. The van der Waals surface area contributed by atoms with Crippen molar-refractivity contribution in [2.75, 3.05) is 13.1 Å². The van der Waals surface area contributed by atoms with Gasteiger partial charge in [0.1, 0.15) is 0 Å². The van der Waals surface area contributed by atoms with Gasteiger partial charge in [0.25, 0.3) is 0 Å². The molecule has 0 unspecified atom stereocenters. The number of hydrogen-bond acceptors (Lipinski definition) is 7. The molecule has 0 saturated carbocycles. The van der Waals surface area contributed by atoms with E-state index < -0.39 is 36.4 Å². The Bertz CT molecular complexity index is 627. The third kappa shape index (κ3) is 7.81. The highest BCUT2D eigenvalue weighted by Gasteiger charge is 2.40. The first-order chi connectivity index (χ1) is 12.2. The summed E-state index contributed by atoms with van der Waals surface area (Å²) in [5.74, 6) is -3.56. The van der Waals surface area contributed by atoms with Crippen molar-refractivity contribution < 1.29 is 34.8 Å². The zero-order valence-electron chi connectivity index (χ0n) is 13.9. The van der Waals surface area contributed by atoms with Crippen LogP contribution in [0.4, 0.5) is 0 Å². The van der Waals surface area contributed by atoms with Gasteiger partial charge in [-0.1, -0.05) is 6.08 Å². The van der Waals surface area contributed by atoms with Crippen LogP contribution in [0.25, 0.3) is 6.08 Å². The molecular formula is C16H21N3O7. The van der Waals surface area contributed by atoms with Crippen LogP contribution < -0.4 is 5.32 Å². The molecule has 1 aromatic heterocycles. The first-order valence-corrected chi connectivity index (χ1v) is 7.78. The van der Waals surface area contributed by atoms with Gasteiger partial charge in [0, 0.05) is 18.9 Å². The molecule has 26 heavy (non-hydrogen) atoms. The lowest BCUT2D eigenvalue weighted by molar-refractivity contribution is -0.170. The highest BCUT2D eigenvalue weighted by molar-refractivity contribution is 5.88. The molecule has 2 heterocycles. The largest absolute Gasteiger partial charge is 0.481 e. The molecule has 2 rings (SSSR count). The summed E-state index contributed by atoms with van der Waals surface area (Å²) in [6.45, 7) is 2.22. The van der Waals surface area contributed by atoms with E-state index in [-0.39, 0.29) is 0 Å². The molecule has 142 valence electrons. The minimum Gasteiger partial charge on any atom is -0.481 e. The molecule has 1 saturated heterocycles. The van der Waals surface area contributed by atoms with Gasteiger partial charge < -0.3 is 25.7 Å². The fourth-order valence-electron chi connectivity index (χ4n) is 2.17. The lowest BCUT2D eigenvalue weighted by atomic mass is 9.96. The molecule has 1 aromatic rings. The van der Waals surface area contributed by atoms with E-state index in [0.29, 0.717) is 5.92 Å². The SMILES string of the molecule is C(=C\[C@H]1CCNC1)/c1ncccn1.O=C(O)CC(O)(CC(=O)O)C(=O)O. The number of aliphatic carboxylic acids is 3. The molecule has 1 aliphatic rings. The number of hydrogen-bond donors (Lipinski definition) is 5. The summed E-state index contributed by atoms with van der Waals surface area (Å²) in [4.78, 5) is 38.7. The predicted octanol–water partition coefficient (Wildman–Crippen LogP) is -0.149. The molecule has 10 nitrogen and oxygen atoms in total. The van der Waals surface area contributed by atoms with Crippen LogP contribution in [0.15, 0.2) is 24.5 Å². The van der Waals surface area contributed by atoms with Gasteiger partial charge in [-0.15, -0.1) is 0 Å². The van der Waals surface area contributed by atoms with Gasteiger partial charge in [-0.25, -0.2) is 14.8 Å². The Labute approximate surface area is 149 Å². The van der Waals surface area contributed by atoms with E-state index in [1.807, 2.05) is 12.1 Å². The highest BCUT2D eigenvalue weighted by Crippen LogP contribution is 2.15. The van der Waals surface area contributed by atoms with Crippen LogP contribution in [0.3, 0.4) is 0 Å². The zero-order valence-corrected chi connectivity index (χ0v) is 13.9. The third-order valence-electron chi connectivity index (χ3n) is 3.49. The second-order valence-electron chi connectivity index (χ2n) is 5.70. The maximum Gasteiger partial charge on any atom is 0.336 e. The molecule has 5 N–H and O–H groups in total. The third-order valence-corrected chi connectivity index (χ3v) is 3.49. The molecule has 10 heteroatoms. The van der Waals surface area contributed by atoms with E-state index in [1.54, 1.807) is 12.4 Å². The second kappa shape index (κ2) is 10.2. The number of carbonyl (C=O) groups is 3. The summed E-state index contributed by atoms with van der Waals surface area (Å²) < 4.78 is 0. The smallest absolute Gasteiger partial charge is 0.336 e. The maximum absolute atomic E-state index is 10.3. The van der Waals surface area contributed by atoms with Crippen LogP contribution in [-0.4, -0.2) is 67.0 Å². The zero-order chi connectivity index (χ0) is 19.6. The molecular weight excluding hydrogens is 346 g/mol. The van der Waals surface area contributed by atoms with Crippen molar-refractivity contribution in [1.29, 1.82) is 0 Å². The van der Waals surface area contributed by atoms with Crippen molar-refractivity contribution in [3.05, 3.63) is 30.4 Å². The Morgan fingerprint density at radius 1 is 1.15 bits per heavy atom. The van der Waals surface area contributed by atoms with Gasteiger partial charge in [0.2, 0.25) is 0 Å². The average Bonchev–Trinajstić information content (AvgIpc) is 3.06. The Hall–Kier alpha value is -2.85. The van der Waals surface area contributed by atoms with Gasteiger partial charge in [-0.3, -0.25) is 9.59 Å². The first kappa shape index (κ1) is 21.2. The first-order valence-electron chi connectivity index (χ1n) is 7.78. The molecule has 1 aliphatic heterocycles. The molecule has 0 spiro atoms. The number of rotatable bonds is 7. The van der Waals surface area contributed by atoms with Crippen LogP contribution in [0, 0.1) is 5.92 Å². The minimum atomic E-state index is -2.74. The van der Waals surface area contributed by atoms with E-state index >= 15 is 0 Å². The van der Waals surface area contributed by atoms with Crippen molar-refractivity contribution in [2.24, 2.45) is 5.92 Å². The Kier molecular flexibility index (Phi) is 8.32. The quantitative estimate of drug-likeness (QED) is 0.436. The van der Waals surface area contributed by atoms with Crippen LogP contribution >= 0.6 is 0 Å². The monoisotopic (exact) mass is 367 g/mol. The number of carboxylic acids is 3. The van der Waals surface area contributed by atoms with Gasteiger partial charge >= 0.3 is 17.9 Å². The maximum atomic E-state index is 10.3. The Morgan fingerprint density at radius 2 is 1.73 bits per heavy atom. The Morgan fingerprint density at radius 3 is 2.15 bits per heavy atom. The minimum absolute atomic E-state index is 0.656. The van der Waals surface area contributed by atoms with E-state index in [4.69, 9.17) is 20.4 Å². The second-order valence-corrected chi connectivity index (χ2v) is 5.70. The van der Waals surface area contributed by atoms with E-state index in [0.717, 1.165) is 18.9 Å². The topological polar surface area (TPSA) is 170 Å². The van der Waals surface area contributed by atoms with Crippen LogP contribution in [0.1, 0.15) is 25.1 Å². The molecule has 0 aromatic carbocycles. The van der Waals surface area contributed by atoms with Crippen molar-refractivity contribution >= 4 is 24.0 Å². The predicted molar refractivity (Wildman–Crippen MR) is 89.1 cm³/mol. The summed E-state index contributed by atoms with van der Waals surface area (Å²) in [6, 6.07) is 1.83. The molecule has 0 radical (unpaired) electrons. The van der Waals surface area contributed by atoms with Crippen LogP contribution in [0.2, 0.25) is 0 Å². The van der Waals surface area contributed by atoms with E-state index in [1.165, 1.54) is 6.42 Å². The van der Waals surface area contributed by atoms with E-state index in [2.05, 4.69) is 21.4 Å². The standard InChI is InChI=1S/C10H13N3.C6H8O7/c1-5-12-10(13-6-1)3-2-9-4-7-11-8-9;7-3(8)1-6(13,5(11)12)2-4(9)10/h1-3,5-6,9,11H,4,7-8H2;13H,1-2H2,(H,7,8)(H,9,10)(H,11,12)/b3-2+;/t9-;/m0./s1. The number of aromatic nitrogens is 2. The highest BCUT2D eigenvalue weighted by atomic mass is 16.4. The molecule has 0 bridgehead atoms.